The van der Waals surface area contributed by atoms with Crippen LogP contribution < -0.4 is 10.2 Å². The topological polar surface area (TPSA) is 69.6 Å². The van der Waals surface area contributed by atoms with Gasteiger partial charge in [0.1, 0.15) is 0 Å². The first-order valence-corrected chi connectivity index (χ1v) is 6.61. The van der Waals surface area contributed by atoms with E-state index in [-0.39, 0.29) is 17.6 Å². The number of carbonyl (C=O) groups is 2. The van der Waals surface area contributed by atoms with Gasteiger partial charge in [-0.15, -0.1) is 0 Å². The van der Waals surface area contributed by atoms with Crippen molar-refractivity contribution in [3.05, 3.63) is 42.0 Å². The van der Waals surface area contributed by atoms with Crippen molar-refractivity contribution in [1.82, 2.24) is 5.32 Å². The van der Waals surface area contributed by atoms with Gasteiger partial charge in [0.2, 0.25) is 0 Å². The molecular weight excluding hydrogens is 256 g/mol. The van der Waals surface area contributed by atoms with Crippen LogP contribution in [0.3, 0.4) is 0 Å². The molecule has 5 nitrogen and oxygen atoms in total. The summed E-state index contributed by atoms with van der Waals surface area (Å²) in [6.45, 7) is 0. The third kappa shape index (κ3) is 3.17. The molecule has 0 spiro atoms. The molecule has 106 valence electrons. The number of allylic oxidation sites excluding steroid dienone is 1. The lowest BCUT2D eigenvalue weighted by atomic mass is 10.0. The largest absolute Gasteiger partial charge is 0.478 e. The minimum Gasteiger partial charge on any atom is -0.478 e. The van der Waals surface area contributed by atoms with Crippen molar-refractivity contribution in [1.29, 1.82) is 0 Å². The Morgan fingerprint density at radius 2 is 2.05 bits per heavy atom. The SMILES string of the molecule is CN(C(=O)NC1CC=CCC1)c1ccccc1C(=O)O. The third-order valence-corrected chi connectivity index (χ3v) is 3.40. The second-order valence-corrected chi connectivity index (χ2v) is 4.81. The molecule has 1 aliphatic carbocycles. The Kier molecular flexibility index (Phi) is 4.40. The van der Waals surface area contributed by atoms with Gasteiger partial charge in [-0.2, -0.15) is 0 Å². The van der Waals surface area contributed by atoms with E-state index in [1.54, 1.807) is 25.2 Å². The molecule has 1 aromatic rings. The molecule has 0 heterocycles. The Morgan fingerprint density at radius 1 is 1.30 bits per heavy atom. The Balaban J connectivity index is 2.10. The number of hydrogen-bond donors (Lipinski definition) is 2. The number of amides is 2. The quantitative estimate of drug-likeness (QED) is 0.832. The number of rotatable bonds is 3. The molecule has 1 aliphatic rings. The number of aromatic carboxylic acids is 1. The first kappa shape index (κ1) is 14.1. The minimum absolute atomic E-state index is 0.118. The fraction of sp³-hybridized carbons (Fsp3) is 0.333. The zero-order valence-corrected chi connectivity index (χ0v) is 11.4. The second kappa shape index (κ2) is 6.23. The van der Waals surface area contributed by atoms with Crippen LogP contribution in [0.2, 0.25) is 0 Å². The van der Waals surface area contributed by atoms with Gasteiger partial charge < -0.3 is 10.4 Å². The van der Waals surface area contributed by atoms with Crippen molar-refractivity contribution < 1.29 is 14.7 Å². The van der Waals surface area contributed by atoms with E-state index in [1.807, 2.05) is 0 Å². The molecule has 1 unspecified atom stereocenters. The number of para-hydroxylation sites is 1. The number of hydrogen-bond acceptors (Lipinski definition) is 2. The van der Waals surface area contributed by atoms with Crippen LogP contribution in [0.5, 0.6) is 0 Å². The number of nitrogens with zero attached hydrogens (tertiary/aromatic N) is 1. The third-order valence-electron chi connectivity index (χ3n) is 3.40. The number of carboxylic acid groups (broad SMARTS) is 1. The number of urea groups is 1. The van der Waals surface area contributed by atoms with Gasteiger partial charge in [-0.25, -0.2) is 9.59 Å². The van der Waals surface area contributed by atoms with Crippen molar-refractivity contribution >= 4 is 17.7 Å². The average Bonchev–Trinajstić information content (AvgIpc) is 2.47. The fourth-order valence-electron chi connectivity index (χ4n) is 2.25. The summed E-state index contributed by atoms with van der Waals surface area (Å²) in [6.07, 6.45) is 6.85. The summed E-state index contributed by atoms with van der Waals surface area (Å²) in [5.74, 6) is -1.04. The van der Waals surface area contributed by atoms with Crippen molar-refractivity contribution in [2.45, 2.75) is 25.3 Å². The molecule has 2 rings (SSSR count). The van der Waals surface area contributed by atoms with E-state index in [0.29, 0.717) is 5.69 Å². The molecule has 2 N–H and O–H groups in total. The van der Waals surface area contributed by atoms with Crippen LogP contribution >= 0.6 is 0 Å². The first-order valence-electron chi connectivity index (χ1n) is 6.61. The summed E-state index contributed by atoms with van der Waals surface area (Å²) >= 11 is 0. The van der Waals surface area contributed by atoms with E-state index in [4.69, 9.17) is 5.11 Å². The highest BCUT2D eigenvalue weighted by molar-refractivity contribution is 6.01. The van der Waals surface area contributed by atoms with Crippen molar-refractivity contribution in [2.24, 2.45) is 0 Å². The van der Waals surface area contributed by atoms with Gasteiger partial charge >= 0.3 is 12.0 Å². The molecule has 20 heavy (non-hydrogen) atoms. The molecule has 1 atom stereocenters. The summed E-state index contributed by atoms with van der Waals surface area (Å²) in [5.41, 5.74) is 0.512. The summed E-state index contributed by atoms with van der Waals surface area (Å²) in [4.78, 5) is 24.7. The van der Waals surface area contributed by atoms with Gasteiger partial charge in [-0.1, -0.05) is 24.3 Å². The second-order valence-electron chi connectivity index (χ2n) is 4.81. The Labute approximate surface area is 117 Å². The lowest BCUT2D eigenvalue weighted by molar-refractivity contribution is 0.0697. The maximum Gasteiger partial charge on any atom is 0.337 e. The van der Waals surface area contributed by atoms with Crippen LogP contribution in [-0.2, 0) is 0 Å². The molecule has 0 radical (unpaired) electrons. The summed E-state index contributed by atoms with van der Waals surface area (Å²) in [5, 5.41) is 12.1. The average molecular weight is 274 g/mol. The lowest BCUT2D eigenvalue weighted by Gasteiger charge is -2.25. The first-order chi connectivity index (χ1) is 9.59. The summed E-state index contributed by atoms with van der Waals surface area (Å²) < 4.78 is 0. The highest BCUT2D eigenvalue weighted by Gasteiger charge is 2.20. The predicted molar refractivity (Wildman–Crippen MR) is 77.1 cm³/mol. The van der Waals surface area contributed by atoms with Crippen LogP contribution in [-0.4, -0.2) is 30.2 Å². The van der Waals surface area contributed by atoms with Crippen molar-refractivity contribution in [2.75, 3.05) is 11.9 Å². The van der Waals surface area contributed by atoms with Gasteiger partial charge in [0, 0.05) is 13.1 Å². The normalized spacial score (nSPS) is 17.6. The van der Waals surface area contributed by atoms with E-state index in [1.165, 1.54) is 11.0 Å². The van der Waals surface area contributed by atoms with Crippen molar-refractivity contribution in [3.63, 3.8) is 0 Å². The van der Waals surface area contributed by atoms with E-state index in [2.05, 4.69) is 17.5 Å². The predicted octanol–water partition coefficient (Wildman–Crippen LogP) is 2.64. The van der Waals surface area contributed by atoms with Crippen LogP contribution in [0.4, 0.5) is 10.5 Å². The van der Waals surface area contributed by atoms with Gasteiger partial charge in [-0.05, 0) is 31.4 Å². The van der Waals surface area contributed by atoms with Crippen LogP contribution in [0, 0.1) is 0 Å². The molecule has 0 aliphatic heterocycles. The molecule has 1 aromatic carbocycles. The summed E-state index contributed by atoms with van der Waals surface area (Å²) in [7, 11) is 1.58. The lowest BCUT2D eigenvalue weighted by Crippen LogP contribution is -2.43. The van der Waals surface area contributed by atoms with Gasteiger partial charge in [0.15, 0.2) is 0 Å². The fourth-order valence-corrected chi connectivity index (χ4v) is 2.25. The maximum atomic E-state index is 12.2. The zero-order chi connectivity index (χ0) is 14.5. The Morgan fingerprint density at radius 3 is 2.70 bits per heavy atom. The molecule has 0 bridgehead atoms. The number of benzene rings is 1. The molecule has 0 saturated heterocycles. The van der Waals surface area contributed by atoms with Crippen LogP contribution in [0.15, 0.2) is 36.4 Å². The van der Waals surface area contributed by atoms with E-state index in [9.17, 15) is 9.59 Å². The number of nitrogens with one attached hydrogen (secondary N) is 1. The zero-order valence-electron chi connectivity index (χ0n) is 11.4. The molecule has 0 fully saturated rings. The molecule has 0 aromatic heterocycles. The standard InChI is InChI=1S/C15H18N2O3/c1-17(13-10-6-5-9-12(13)14(18)19)15(20)16-11-7-3-2-4-8-11/h2-3,5-6,9-11H,4,7-8H2,1H3,(H,16,20)(H,18,19). The molecule has 0 saturated carbocycles. The van der Waals surface area contributed by atoms with E-state index >= 15 is 0 Å². The summed E-state index contributed by atoms with van der Waals surface area (Å²) in [6, 6.07) is 6.32. The number of carbonyl (C=O) groups excluding carboxylic acids is 1. The van der Waals surface area contributed by atoms with Crippen molar-refractivity contribution in [3.8, 4) is 0 Å². The maximum absolute atomic E-state index is 12.2. The molecule has 2 amide bonds. The molecular formula is C15H18N2O3. The number of anilines is 1. The van der Waals surface area contributed by atoms with E-state index in [0.717, 1.165) is 19.3 Å². The highest BCUT2D eigenvalue weighted by Crippen LogP contribution is 2.20. The van der Waals surface area contributed by atoms with E-state index < -0.39 is 5.97 Å². The monoisotopic (exact) mass is 274 g/mol. The van der Waals surface area contributed by atoms with Gasteiger partial charge in [0.25, 0.3) is 0 Å². The van der Waals surface area contributed by atoms with Gasteiger partial charge in [0.05, 0.1) is 11.3 Å². The number of carboxylic acids is 1. The van der Waals surface area contributed by atoms with Crippen LogP contribution in [0.25, 0.3) is 0 Å². The van der Waals surface area contributed by atoms with Crippen LogP contribution in [0.1, 0.15) is 29.6 Å². The highest BCUT2D eigenvalue weighted by atomic mass is 16.4. The van der Waals surface area contributed by atoms with Gasteiger partial charge in [-0.3, -0.25) is 4.90 Å². The minimum atomic E-state index is -1.04. The molecule has 5 heteroatoms. The Bertz CT molecular complexity index is 540. The smallest absolute Gasteiger partial charge is 0.337 e. The Hall–Kier alpha value is -2.30.